The van der Waals surface area contributed by atoms with Crippen LogP contribution >= 0.6 is 34.9 Å². The molecule has 0 unspecified atom stereocenters. The van der Waals surface area contributed by atoms with Gasteiger partial charge in [0.25, 0.3) is 5.56 Å². The normalized spacial score (nSPS) is 11.1. The van der Waals surface area contributed by atoms with Crippen LogP contribution in [0.15, 0.2) is 27.7 Å². The highest BCUT2D eigenvalue weighted by Gasteiger charge is 2.16. The van der Waals surface area contributed by atoms with E-state index in [1.54, 1.807) is 18.3 Å². The molecule has 3 aromatic rings. The predicted molar refractivity (Wildman–Crippen MR) is 88.7 cm³/mol. The number of aryl methyl sites for hydroxylation is 1. The number of nitrogens with zero attached hydrogens (tertiary/aromatic N) is 2. The summed E-state index contributed by atoms with van der Waals surface area (Å²) in [6.07, 6.45) is 0. The van der Waals surface area contributed by atoms with Gasteiger partial charge in [-0.2, -0.15) is 0 Å². The van der Waals surface area contributed by atoms with Gasteiger partial charge in [-0.25, -0.2) is 4.98 Å². The van der Waals surface area contributed by atoms with Crippen molar-refractivity contribution in [1.82, 2.24) is 9.55 Å². The Bertz CT molecular complexity index is 846. The van der Waals surface area contributed by atoms with E-state index in [0.29, 0.717) is 11.2 Å². The van der Waals surface area contributed by atoms with Crippen LogP contribution in [0.25, 0.3) is 20.7 Å². The molecule has 0 fully saturated rings. The SMILES string of the molecule is Cc1nc2scc(-c3cccs3)c2c(=O)n1CC(N)=S. The summed E-state index contributed by atoms with van der Waals surface area (Å²) in [4.78, 5) is 19.3. The van der Waals surface area contributed by atoms with E-state index in [4.69, 9.17) is 18.0 Å². The van der Waals surface area contributed by atoms with Crippen molar-refractivity contribution in [2.75, 3.05) is 0 Å². The van der Waals surface area contributed by atoms with Gasteiger partial charge in [-0.05, 0) is 18.4 Å². The summed E-state index contributed by atoms with van der Waals surface area (Å²) in [6, 6.07) is 3.97. The second-order valence-electron chi connectivity index (χ2n) is 4.32. The monoisotopic (exact) mass is 321 g/mol. The largest absolute Gasteiger partial charge is 0.392 e. The van der Waals surface area contributed by atoms with Crippen molar-refractivity contribution in [2.24, 2.45) is 5.73 Å². The smallest absolute Gasteiger partial charge is 0.263 e. The first-order valence-electron chi connectivity index (χ1n) is 5.88. The molecule has 0 aliphatic heterocycles. The molecule has 0 radical (unpaired) electrons. The van der Waals surface area contributed by atoms with Gasteiger partial charge >= 0.3 is 0 Å². The van der Waals surface area contributed by atoms with E-state index in [1.165, 1.54) is 15.9 Å². The molecule has 3 heterocycles. The summed E-state index contributed by atoms with van der Waals surface area (Å²) in [7, 11) is 0. The van der Waals surface area contributed by atoms with Gasteiger partial charge in [0.05, 0.1) is 16.9 Å². The van der Waals surface area contributed by atoms with Gasteiger partial charge in [0.1, 0.15) is 10.7 Å². The maximum atomic E-state index is 12.7. The van der Waals surface area contributed by atoms with E-state index in [-0.39, 0.29) is 17.1 Å². The molecule has 4 nitrogen and oxygen atoms in total. The minimum atomic E-state index is -0.0787. The molecule has 0 saturated heterocycles. The van der Waals surface area contributed by atoms with Crippen molar-refractivity contribution in [2.45, 2.75) is 13.5 Å². The number of hydrogen-bond acceptors (Lipinski definition) is 5. The van der Waals surface area contributed by atoms with Crippen molar-refractivity contribution in [3.63, 3.8) is 0 Å². The Morgan fingerprint density at radius 2 is 2.30 bits per heavy atom. The number of nitrogens with two attached hydrogens (primary N) is 1. The molecule has 3 aromatic heterocycles. The number of hydrogen-bond donors (Lipinski definition) is 1. The van der Waals surface area contributed by atoms with Crippen LogP contribution in [0.4, 0.5) is 0 Å². The first-order valence-corrected chi connectivity index (χ1v) is 8.05. The molecule has 0 bridgehead atoms. The zero-order valence-corrected chi connectivity index (χ0v) is 13.1. The van der Waals surface area contributed by atoms with E-state index >= 15 is 0 Å². The Hall–Kier alpha value is -1.57. The van der Waals surface area contributed by atoms with Gasteiger partial charge in [-0.1, -0.05) is 18.3 Å². The molecule has 0 aliphatic rings. The van der Waals surface area contributed by atoms with Crippen LogP contribution in [0.5, 0.6) is 0 Å². The third kappa shape index (κ3) is 2.17. The average molecular weight is 321 g/mol. The first-order chi connectivity index (χ1) is 9.58. The first kappa shape index (κ1) is 13.4. The van der Waals surface area contributed by atoms with Gasteiger partial charge in [0.2, 0.25) is 0 Å². The lowest BCUT2D eigenvalue weighted by Crippen LogP contribution is -2.29. The van der Waals surface area contributed by atoms with Crippen molar-refractivity contribution >= 4 is 50.1 Å². The fraction of sp³-hybridized carbons (Fsp3) is 0.154. The lowest BCUT2D eigenvalue weighted by Gasteiger charge is -2.08. The molecule has 0 aliphatic carbocycles. The van der Waals surface area contributed by atoms with Gasteiger partial charge < -0.3 is 5.73 Å². The van der Waals surface area contributed by atoms with Crippen molar-refractivity contribution < 1.29 is 0 Å². The predicted octanol–water partition coefficient (Wildman–Crippen LogP) is 2.78. The summed E-state index contributed by atoms with van der Waals surface area (Å²) in [5, 5.41) is 4.63. The lowest BCUT2D eigenvalue weighted by atomic mass is 10.2. The maximum absolute atomic E-state index is 12.7. The van der Waals surface area contributed by atoms with Crippen molar-refractivity contribution in [3.05, 3.63) is 39.1 Å². The van der Waals surface area contributed by atoms with Gasteiger partial charge in [0.15, 0.2) is 0 Å². The Morgan fingerprint density at radius 1 is 1.50 bits per heavy atom. The molecule has 7 heteroatoms. The molecule has 0 spiro atoms. The summed E-state index contributed by atoms with van der Waals surface area (Å²) >= 11 is 8.00. The van der Waals surface area contributed by atoms with Gasteiger partial charge in [0, 0.05) is 15.8 Å². The number of rotatable bonds is 3. The Balaban J connectivity index is 2.32. The average Bonchev–Trinajstić information content (AvgIpc) is 3.01. The second-order valence-corrected chi connectivity index (χ2v) is 6.65. The molecule has 3 rings (SSSR count). The topological polar surface area (TPSA) is 60.9 Å². The van der Waals surface area contributed by atoms with Crippen LogP contribution in [0.3, 0.4) is 0 Å². The minimum Gasteiger partial charge on any atom is -0.392 e. The summed E-state index contributed by atoms with van der Waals surface area (Å²) in [6.45, 7) is 2.02. The second kappa shape index (κ2) is 5.08. The van der Waals surface area contributed by atoms with Crippen LogP contribution in [-0.4, -0.2) is 14.5 Å². The zero-order valence-electron chi connectivity index (χ0n) is 10.6. The maximum Gasteiger partial charge on any atom is 0.263 e. The highest BCUT2D eigenvalue weighted by molar-refractivity contribution is 7.80. The fourth-order valence-corrected chi connectivity index (χ4v) is 4.01. The Labute approximate surface area is 128 Å². The third-order valence-corrected chi connectivity index (χ3v) is 4.89. The molecule has 0 saturated carbocycles. The quantitative estimate of drug-likeness (QED) is 0.754. The molecule has 20 heavy (non-hydrogen) atoms. The Kier molecular flexibility index (Phi) is 3.41. The number of fused-ring (bicyclic) bond motifs is 1. The molecular formula is C13H11N3OS3. The van der Waals surface area contributed by atoms with Crippen LogP contribution < -0.4 is 11.3 Å². The van der Waals surface area contributed by atoms with E-state index in [9.17, 15) is 4.79 Å². The number of thiophene rings is 2. The molecule has 0 atom stereocenters. The molecule has 2 N–H and O–H groups in total. The van der Waals surface area contributed by atoms with Crippen LogP contribution in [0.2, 0.25) is 0 Å². The molecule has 0 amide bonds. The molecule has 102 valence electrons. The third-order valence-electron chi connectivity index (χ3n) is 2.99. The van der Waals surface area contributed by atoms with E-state index in [0.717, 1.165) is 15.3 Å². The lowest BCUT2D eigenvalue weighted by molar-refractivity contribution is 0.753. The van der Waals surface area contributed by atoms with E-state index in [2.05, 4.69) is 4.98 Å². The summed E-state index contributed by atoms with van der Waals surface area (Å²) in [5.41, 5.74) is 6.42. The van der Waals surface area contributed by atoms with E-state index < -0.39 is 0 Å². The van der Waals surface area contributed by atoms with Crippen molar-refractivity contribution in [1.29, 1.82) is 0 Å². The van der Waals surface area contributed by atoms with Gasteiger partial charge in [-0.15, -0.1) is 22.7 Å². The summed E-state index contributed by atoms with van der Waals surface area (Å²) < 4.78 is 1.54. The number of aromatic nitrogens is 2. The highest BCUT2D eigenvalue weighted by atomic mass is 32.1. The van der Waals surface area contributed by atoms with Gasteiger partial charge in [-0.3, -0.25) is 9.36 Å². The fourth-order valence-electron chi connectivity index (χ4n) is 2.08. The van der Waals surface area contributed by atoms with Crippen LogP contribution in [0.1, 0.15) is 5.82 Å². The van der Waals surface area contributed by atoms with Crippen LogP contribution in [0, 0.1) is 6.92 Å². The highest BCUT2D eigenvalue weighted by Crippen LogP contribution is 2.33. The van der Waals surface area contributed by atoms with Crippen molar-refractivity contribution in [3.8, 4) is 10.4 Å². The number of thiocarbonyl (C=S) groups is 1. The van der Waals surface area contributed by atoms with E-state index in [1.807, 2.05) is 22.9 Å². The summed E-state index contributed by atoms with van der Waals surface area (Å²) in [5.74, 6) is 0.634. The molecular weight excluding hydrogens is 310 g/mol. The zero-order chi connectivity index (χ0) is 14.3. The molecule has 0 aromatic carbocycles. The standard InChI is InChI=1S/C13H11N3OS3/c1-7-15-12-11(13(17)16(7)5-10(14)18)8(6-20-12)9-3-2-4-19-9/h2-4,6H,5H2,1H3,(H2,14,18). The van der Waals surface area contributed by atoms with Crippen LogP contribution in [-0.2, 0) is 6.54 Å². The Morgan fingerprint density at radius 3 is 2.95 bits per heavy atom. The minimum absolute atomic E-state index is 0.0787.